The van der Waals surface area contributed by atoms with Crippen LogP contribution < -0.4 is 10.6 Å². The SMILES string of the molecule is CCNc1cc(NC2CCCC(CC)C2)nc(SC)n1. The molecule has 1 aliphatic carbocycles. The van der Waals surface area contributed by atoms with E-state index in [0.717, 1.165) is 29.3 Å². The standard InChI is InChI=1S/C15H26N4S/c1-4-11-7-6-8-12(9-11)17-14-10-13(16-5-2)18-15(19-14)20-3/h10-12H,4-9H2,1-3H3,(H2,16,17,18,19). The van der Waals surface area contributed by atoms with Crippen LogP contribution in [0.2, 0.25) is 0 Å². The molecule has 0 aliphatic heterocycles. The van der Waals surface area contributed by atoms with Crippen LogP contribution in [0.3, 0.4) is 0 Å². The van der Waals surface area contributed by atoms with Gasteiger partial charge in [-0.05, 0) is 31.9 Å². The minimum Gasteiger partial charge on any atom is -0.370 e. The smallest absolute Gasteiger partial charge is 0.191 e. The van der Waals surface area contributed by atoms with Crippen molar-refractivity contribution in [3.8, 4) is 0 Å². The van der Waals surface area contributed by atoms with Crippen molar-refractivity contribution in [3.63, 3.8) is 0 Å². The predicted molar refractivity (Wildman–Crippen MR) is 87.6 cm³/mol. The number of nitrogens with zero attached hydrogens (tertiary/aromatic N) is 2. The van der Waals surface area contributed by atoms with Gasteiger partial charge in [0.05, 0.1) is 0 Å². The average Bonchev–Trinajstić information content (AvgIpc) is 2.47. The first-order chi connectivity index (χ1) is 9.75. The third-order valence-corrected chi connectivity index (χ3v) is 4.51. The first-order valence-electron chi connectivity index (χ1n) is 7.68. The van der Waals surface area contributed by atoms with Gasteiger partial charge in [0.15, 0.2) is 5.16 Å². The van der Waals surface area contributed by atoms with E-state index in [1.54, 1.807) is 11.8 Å². The van der Waals surface area contributed by atoms with Crippen molar-refractivity contribution >= 4 is 23.4 Å². The van der Waals surface area contributed by atoms with Crippen molar-refractivity contribution in [1.82, 2.24) is 9.97 Å². The lowest BCUT2D eigenvalue weighted by Gasteiger charge is -2.29. The van der Waals surface area contributed by atoms with Gasteiger partial charge in [0.1, 0.15) is 11.6 Å². The highest BCUT2D eigenvalue weighted by Crippen LogP contribution is 2.29. The molecule has 20 heavy (non-hydrogen) atoms. The van der Waals surface area contributed by atoms with Gasteiger partial charge in [-0.3, -0.25) is 0 Å². The average molecular weight is 294 g/mol. The zero-order valence-electron chi connectivity index (χ0n) is 12.8. The van der Waals surface area contributed by atoms with Crippen molar-refractivity contribution in [2.45, 2.75) is 57.1 Å². The summed E-state index contributed by atoms with van der Waals surface area (Å²) < 4.78 is 0. The van der Waals surface area contributed by atoms with Gasteiger partial charge in [-0.1, -0.05) is 37.9 Å². The molecule has 0 amide bonds. The molecular weight excluding hydrogens is 268 g/mol. The molecule has 112 valence electrons. The molecule has 0 saturated heterocycles. The van der Waals surface area contributed by atoms with E-state index in [-0.39, 0.29) is 0 Å². The topological polar surface area (TPSA) is 49.8 Å². The van der Waals surface area contributed by atoms with Gasteiger partial charge in [0.2, 0.25) is 0 Å². The Labute approximate surface area is 126 Å². The van der Waals surface area contributed by atoms with E-state index in [9.17, 15) is 0 Å². The van der Waals surface area contributed by atoms with Crippen LogP contribution in [0.4, 0.5) is 11.6 Å². The zero-order valence-corrected chi connectivity index (χ0v) is 13.6. The van der Waals surface area contributed by atoms with Crippen molar-refractivity contribution in [2.75, 3.05) is 23.4 Å². The van der Waals surface area contributed by atoms with Crippen LogP contribution >= 0.6 is 11.8 Å². The summed E-state index contributed by atoms with van der Waals surface area (Å²) in [5, 5.41) is 7.72. The van der Waals surface area contributed by atoms with Crippen molar-refractivity contribution in [3.05, 3.63) is 6.07 Å². The number of anilines is 2. The van der Waals surface area contributed by atoms with E-state index in [4.69, 9.17) is 0 Å². The molecular formula is C15H26N4S. The van der Waals surface area contributed by atoms with Gasteiger partial charge >= 0.3 is 0 Å². The summed E-state index contributed by atoms with van der Waals surface area (Å²) in [6, 6.07) is 2.59. The Hall–Kier alpha value is -0.970. The summed E-state index contributed by atoms with van der Waals surface area (Å²) in [7, 11) is 0. The molecule has 0 spiro atoms. The second kappa shape index (κ2) is 7.72. The molecule has 1 heterocycles. The molecule has 2 N–H and O–H groups in total. The van der Waals surface area contributed by atoms with E-state index >= 15 is 0 Å². The Bertz CT molecular complexity index is 424. The number of rotatable bonds is 6. The second-order valence-electron chi connectivity index (χ2n) is 5.44. The summed E-state index contributed by atoms with van der Waals surface area (Å²) in [6.45, 7) is 5.26. The molecule has 2 atom stereocenters. The Morgan fingerprint density at radius 3 is 2.75 bits per heavy atom. The van der Waals surface area contributed by atoms with Gasteiger partial charge in [-0.2, -0.15) is 0 Å². The van der Waals surface area contributed by atoms with E-state index < -0.39 is 0 Å². The summed E-state index contributed by atoms with van der Waals surface area (Å²) in [5.74, 6) is 2.75. The fraction of sp³-hybridized carbons (Fsp3) is 0.733. The number of hydrogen-bond donors (Lipinski definition) is 2. The molecule has 2 rings (SSSR count). The van der Waals surface area contributed by atoms with Crippen LogP contribution in [0.1, 0.15) is 46.0 Å². The maximum atomic E-state index is 4.58. The fourth-order valence-corrected chi connectivity index (χ4v) is 3.24. The molecule has 0 radical (unpaired) electrons. The first-order valence-corrected chi connectivity index (χ1v) is 8.91. The van der Waals surface area contributed by atoms with Crippen molar-refractivity contribution in [2.24, 2.45) is 5.92 Å². The summed E-state index contributed by atoms with van der Waals surface area (Å²) in [5.41, 5.74) is 0. The third-order valence-electron chi connectivity index (χ3n) is 3.96. The predicted octanol–water partition coefficient (Wildman–Crippen LogP) is 4.01. The number of hydrogen-bond acceptors (Lipinski definition) is 5. The van der Waals surface area contributed by atoms with E-state index in [1.807, 2.05) is 12.3 Å². The van der Waals surface area contributed by atoms with Gasteiger partial charge in [0, 0.05) is 18.7 Å². The minimum absolute atomic E-state index is 0.563. The quantitative estimate of drug-likeness (QED) is 0.613. The minimum atomic E-state index is 0.563. The second-order valence-corrected chi connectivity index (χ2v) is 6.21. The Kier molecular flexibility index (Phi) is 5.95. The molecule has 1 aromatic rings. The van der Waals surface area contributed by atoms with Crippen molar-refractivity contribution < 1.29 is 0 Å². The monoisotopic (exact) mass is 294 g/mol. The normalized spacial score (nSPS) is 22.6. The molecule has 2 unspecified atom stereocenters. The fourth-order valence-electron chi connectivity index (χ4n) is 2.86. The Morgan fingerprint density at radius 2 is 2.05 bits per heavy atom. The number of thioether (sulfide) groups is 1. The highest BCUT2D eigenvalue weighted by atomic mass is 32.2. The highest BCUT2D eigenvalue weighted by Gasteiger charge is 2.21. The lowest BCUT2D eigenvalue weighted by molar-refractivity contribution is 0.327. The molecule has 1 aliphatic rings. The van der Waals surface area contributed by atoms with Crippen molar-refractivity contribution in [1.29, 1.82) is 0 Å². The van der Waals surface area contributed by atoms with Crippen LogP contribution in [0.5, 0.6) is 0 Å². The number of aromatic nitrogens is 2. The molecule has 1 fully saturated rings. The molecule has 1 saturated carbocycles. The van der Waals surface area contributed by atoms with Gasteiger partial charge in [-0.15, -0.1) is 0 Å². The van der Waals surface area contributed by atoms with Gasteiger partial charge in [-0.25, -0.2) is 9.97 Å². The van der Waals surface area contributed by atoms with Crippen LogP contribution in [-0.2, 0) is 0 Å². The lowest BCUT2D eigenvalue weighted by atomic mass is 9.84. The maximum Gasteiger partial charge on any atom is 0.191 e. The molecule has 0 bridgehead atoms. The largest absolute Gasteiger partial charge is 0.370 e. The first kappa shape index (κ1) is 15.4. The Morgan fingerprint density at radius 1 is 1.25 bits per heavy atom. The van der Waals surface area contributed by atoms with Crippen LogP contribution in [0, 0.1) is 5.92 Å². The third kappa shape index (κ3) is 4.27. The summed E-state index contributed by atoms with van der Waals surface area (Å²) >= 11 is 1.59. The molecule has 1 aromatic heterocycles. The summed E-state index contributed by atoms with van der Waals surface area (Å²) in [4.78, 5) is 9.05. The lowest BCUT2D eigenvalue weighted by Crippen LogP contribution is -2.27. The van der Waals surface area contributed by atoms with Crippen LogP contribution in [0.25, 0.3) is 0 Å². The molecule has 4 nitrogen and oxygen atoms in total. The number of nitrogens with one attached hydrogen (secondary N) is 2. The van der Waals surface area contributed by atoms with E-state index in [0.29, 0.717) is 6.04 Å². The Balaban J connectivity index is 2.05. The van der Waals surface area contributed by atoms with E-state index in [2.05, 4.69) is 34.4 Å². The van der Waals surface area contributed by atoms with Crippen LogP contribution in [-0.4, -0.2) is 28.8 Å². The maximum absolute atomic E-state index is 4.58. The van der Waals surface area contributed by atoms with E-state index in [1.165, 1.54) is 32.1 Å². The highest BCUT2D eigenvalue weighted by molar-refractivity contribution is 7.98. The molecule has 5 heteroatoms. The van der Waals surface area contributed by atoms with Gasteiger partial charge < -0.3 is 10.6 Å². The zero-order chi connectivity index (χ0) is 14.4. The summed E-state index contributed by atoms with van der Waals surface area (Å²) in [6.07, 6.45) is 8.55. The van der Waals surface area contributed by atoms with Crippen LogP contribution in [0.15, 0.2) is 11.2 Å². The van der Waals surface area contributed by atoms with Gasteiger partial charge in [0.25, 0.3) is 0 Å². The molecule has 0 aromatic carbocycles.